The third kappa shape index (κ3) is 5.77. The van der Waals surface area contributed by atoms with Crippen LogP contribution in [0, 0.1) is 0 Å². The summed E-state index contributed by atoms with van der Waals surface area (Å²) >= 11 is 0. The van der Waals surface area contributed by atoms with E-state index in [-0.39, 0.29) is 0 Å². The van der Waals surface area contributed by atoms with Gasteiger partial charge in [-0.3, -0.25) is 0 Å². The third-order valence-corrected chi connectivity index (χ3v) is 1.45. The predicted octanol–water partition coefficient (Wildman–Crippen LogP) is 1.03. The molecule has 0 amide bonds. The lowest BCUT2D eigenvalue weighted by atomic mass is 10.6. The van der Waals surface area contributed by atoms with Crippen molar-refractivity contribution in [3.8, 4) is 0 Å². The van der Waals surface area contributed by atoms with Crippen LogP contribution in [0.1, 0.15) is 6.42 Å². The molecule has 7 heavy (non-hydrogen) atoms. The summed E-state index contributed by atoms with van der Waals surface area (Å²) < 4.78 is 10.2. The molecule has 0 N–H and O–H groups in total. The van der Waals surface area contributed by atoms with Gasteiger partial charge in [0.05, 0.1) is 0 Å². The van der Waals surface area contributed by atoms with Crippen molar-refractivity contribution in [2.45, 2.75) is 6.42 Å². The summed E-state index contributed by atoms with van der Waals surface area (Å²) in [6, 6.07) is 0. The van der Waals surface area contributed by atoms with Crippen LogP contribution in [0.5, 0.6) is 0 Å². The second-order valence-electron chi connectivity index (χ2n) is 1.31. The number of hydrogen-bond donors (Lipinski definition) is 0. The fourth-order valence-electron chi connectivity index (χ4n) is 0.235. The zero-order valence-electron chi connectivity index (χ0n) is 4.26. The first-order valence-corrected chi connectivity index (χ1v) is 3.98. The number of carbonyl (C=O) groups is 1. The zero-order valence-corrected chi connectivity index (χ0v) is 5.15. The van der Waals surface area contributed by atoms with Crippen molar-refractivity contribution in [1.29, 1.82) is 0 Å². The molecule has 0 rings (SSSR count). The number of aldehydes is 1. The molecule has 1 unspecified atom stereocenters. The van der Waals surface area contributed by atoms with Crippen LogP contribution in [0.3, 0.4) is 0 Å². The van der Waals surface area contributed by atoms with Crippen molar-refractivity contribution in [3.05, 3.63) is 0 Å². The molecule has 0 aliphatic heterocycles. The molecule has 1 atom stereocenters. The standard InChI is InChI=1S/C4H8O2P/c1-7(6)4-2-3-5/h3H,2,4H2,1H3/q+1. The van der Waals surface area contributed by atoms with Gasteiger partial charge in [-0.2, -0.15) is 0 Å². The molecule has 0 aromatic carbocycles. The number of rotatable bonds is 3. The molecular weight excluding hydrogens is 111 g/mol. The summed E-state index contributed by atoms with van der Waals surface area (Å²) in [6.45, 7) is 1.62. The van der Waals surface area contributed by atoms with Gasteiger partial charge >= 0.3 is 7.80 Å². The zero-order chi connectivity index (χ0) is 5.70. The lowest BCUT2D eigenvalue weighted by Crippen LogP contribution is -1.76. The molecular formula is C4H8O2P+. The summed E-state index contributed by atoms with van der Waals surface area (Å²) in [5.41, 5.74) is 0. The molecule has 3 heteroatoms. The Balaban J connectivity index is 2.97. The Morgan fingerprint density at radius 1 is 1.71 bits per heavy atom. The predicted molar refractivity (Wildman–Crippen MR) is 29.1 cm³/mol. The molecule has 0 aliphatic carbocycles. The van der Waals surface area contributed by atoms with E-state index >= 15 is 0 Å². The second kappa shape index (κ2) is 3.94. The van der Waals surface area contributed by atoms with E-state index in [1.54, 1.807) is 6.66 Å². The second-order valence-corrected chi connectivity index (χ2v) is 3.01. The van der Waals surface area contributed by atoms with Gasteiger partial charge in [0.1, 0.15) is 13.0 Å². The minimum atomic E-state index is -1.09. The molecule has 0 aliphatic rings. The molecule has 0 saturated heterocycles. The Labute approximate surface area is 43.7 Å². The van der Waals surface area contributed by atoms with Crippen LogP contribution in [0.2, 0.25) is 0 Å². The van der Waals surface area contributed by atoms with Crippen molar-refractivity contribution in [3.63, 3.8) is 0 Å². The highest BCUT2D eigenvalue weighted by Crippen LogP contribution is 2.12. The van der Waals surface area contributed by atoms with Crippen LogP contribution < -0.4 is 0 Å². The maximum Gasteiger partial charge on any atom is 0.335 e. The average Bonchev–Trinajstić information content (AvgIpc) is 1.61. The summed E-state index contributed by atoms with van der Waals surface area (Å²) in [5, 5.41) is 0. The highest BCUT2D eigenvalue weighted by atomic mass is 31.1. The Kier molecular flexibility index (Phi) is 3.81. The van der Waals surface area contributed by atoms with Gasteiger partial charge < -0.3 is 4.79 Å². The smallest absolute Gasteiger partial charge is 0.303 e. The molecule has 0 saturated carbocycles. The summed E-state index contributed by atoms with van der Waals surface area (Å²) in [6.07, 6.45) is 1.77. The number of carbonyl (C=O) groups excluding carboxylic acids is 1. The van der Waals surface area contributed by atoms with E-state index in [1.807, 2.05) is 0 Å². The van der Waals surface area contributed by atoms with E-state index in [9.17, 15) is 9.36 Å². The lowest BCUT2D eigenvalue weighted by Gasteiger charge is -1.68. The maximum absolute atomic E-state index is 10.2. The minimum absolute atomic E-state index is 0.436. The molecule has 0 radical (unpaired) electrons. The largest absolute Gasteiger partial charge is 0.335 e. The first kappa shape index (κ1) is 6.77. The summed E-state index contributed by atoms with van der Waals surface area (Å²) in [7, 11) is -1.09. The molecule has 0 spiro atoms. The van der Waals surface area contributed by atoms with Crippen LogP contribution >= 0.6 is 7.80 Å². The Bertz CT molecular complexity index is 79.8. The molecule has 0 heterocycles. The van der Waals surface area contributed by atoms with Crippen LogP contribution in [0.4, 0.5) is 0 Å². The van der Waals surface area contributed by atoms with Crippen molar-refractivity contribution in [2.75, 3.05) is 12.8 Å². The Hall–Kier alpha value is -0.230. The fraction of sp³-hybridized carbons (Fsp3) is 0.750. The van der Waals surface area contributed by atoms with Crippen LogP contribution in [-0.2, 0) is 9.36 Å². The van der Waals surface area contributed by atoms with Gasteiger partial charge in [0, 0.05) is 6.42 Å². The quantitative estimate of drug-likeness (QED) is 0.410. The number of hydrogen-bond acceptors (Lipinski definition) is 2. The normalized spacial score (nSPS) is 10.7. The van der Waals surface area contributed by atoms with Crippen molar-refractivity contribution in [1.82, 2.24) is 0 Å². The van der Waals surface area contributed by atoms with Crippen molar-refractivity contribution >= 4 is 14.1 Å². The third-order valence-electron chi connectivity index (χ3n) is 0.562. The maximum atomic E-state index is 10.2. The lowest BCUT2D eigenvalue weighted by molar-refractivity contribution is -0.107. The molecule has 2 nitrogen and oxygen atoms in total. The van der Waals surface area contributed by atoms with Crippen LogP contribution in [-0.4, -0.2) is 19.1 Å². The van der Waals surface area contributed by atoms with E-state index in [4.69, 9.17) is 0 Å². The summed E-state index contributed by atoms with van der Waals surface area (Å²) in [5.74, 6) is 0. The van der Waals surface area contributed by atoms with Gasteiger partial charge in [-0.1, -0.05) is 4.57 Å². The molecule has 0 aromatic heterocycles. The van der Waals surface area contributed by atoms with Crippen molar-refractivity contribution < 1.29 is 9.36 Å². The fourth-order valence-corrected chi connectivity index (χ4v) is 0.704. The van der Waals surface area contributed by atoms with Crippen LogP contribution in [0.25, 0.3) is 0 Å². The van der Waals surface area contributed by atoms with Gasteiger partial charge in [0.15, 0.2) is 6.16 Å². The van der Waals surface area contributed by atoms with E-state index in [0.29, 0.717) is 12.6 Å². The topological polar surface area (TPSA) is 34.1 Å². The highest BCUT2D eigenvalue weighted by molar-refractivity contribution is 7.43. The summed E-state index contributed by atoms with van der Waals surface area (Å²) in [4.78, 5) is 9.58. The van der Waals surface area contributed by atoms with Crippen LogP contribution in [0.15, 0.2) is 0 Å². The van der Waals surface area contributed by atoms with Gasteiger partial charge in [-0.05, 0) is 0 Å². The van der Waals surface area contributed by atoms with E-state index in [1.165, 1.54) is 0 Å². The minimum Gasteiger partial charge on any atom is -0.303 e. The SMILES string of the molecule is C[P+](=O)CCC=O. The first-order chi connectivity index (χ1) is 3.27. The van der Waals surface area contributed by atoms with E-state index < -0.39 is 7.80 Å². The van der Waals surface area contributed by atoms with Gasteiger partial charge in [-0.25, -0.2) is 0 Å². The monoisotopic (exact) mass is 119 g/mol. The van der Waals surface area contributed by atoms with Gasteiger partial charge in [0.25, 0.3) is 0 Å². The average molecular weight is 119 g/mol. The van der Waals surface area contributed by atoms with Gasteiger partial charge in [-0.15, -0.1) is 0 Å². The molecule has 0 bridgehead atoms. The molecule has 0 fully saturated rings. The Morgan fingerprint density at radius 2 is 2.29 bits per heavy atom. The highest BCUT2D eigenvalue weighted by Gasteiger charge is 2.01. The van der Waals surface area contributed by atoms with Crippen molar-refractivity contribution in [2.24, 2.45) is 0 Å². The molecule has 0 aromatic rings. The van der Waals surface area contributed by atoms with E-state index in [2.05, 4.69) is 0 Å². The Morgan fingerprint density at radius 3 is 2.43 bits per heavy atom. The first-order valence-electron chi connectivity index (χ1n) is 2.09. The molecule has 40 valence electrons. The van der Waals surface area contributed by atoms with Gasteiger partial charge in [0.2, 0.25) is 0 Å². The van der Waals surface area contributed by atoms with E-state index in [0.717, 1.165) is 6.29 Å².